The first-order valence-electron chi connectivity index (χ1n) is 7.05. The number of nitriles is 1. The highest BCUT2D eigenvalue weighted by molar-refractivity contribution is 5.59. The van der Waals surface area contributed by atoms with Crippen LogP contribution in [0.4, 0.5) is 0 Å². The molecule has 0 aliphatic heterocycles. The molecule has 0 aromatic heterocycles. The van der Waals surface area contributed by atoms with Crippen molar-refractivity contribution in [1.29, 1.82) is 5.26 Å². The summed E-state index contributed by atoms with van der Waals surface area (Å²) in [4.78, 5) is 20.7. The second-order valence-corrected chi connectivity index (χ2v) is 5.53. The van der Waals surface area contributed by atoms with Crippen molar-refractivity contribution >= 4 is 12.6 Å². The molecule has 3 nitrogen and oxygen atoms in total. The van der Waals surface area contributed by atoms with Crippen LogP contribution >= 0.6 is 0 Å². The second kappa shape index (κ2) is 8.02. The Morgan fingerprint density at radius 1 is 1.11 bits per heavy atom. The highest BCUT2D eigenvalue weighted by atomic mass is 16.1. The van der Waals surface area contributed by atoms with Crippen LogP contribution in [-0.4, -0.2) is 12.6 Å². The fraction of sp³-hybridized carbons (Fsp3) is 0.800. The molecule has 2 aliphatic rings. The largest absolute Gasteiger partial charge is 0.303 e. The lowest BCUT2D eigenvalue weighted by atomic mass is 9.83. The quantitative estimate of drug-likeness (QED) is 0.717. The molecule has 0 heterocycles. The number of hydrogen-bond acceptors (Lipinski definition) is 3. The van der Waals surface area contributed by atoms with Crippen molar-refractivity contribution in [2.75, 3.05) is 0 Å². The Balaban J connectivity index is 0.000000199. The van der Waals surface area contributed by atoms with Crippen molar-refractivity contribution in [3.63, 3.8) is 0 Å². The van der Waals surface area contributed by atoms with Gasteiger partial charge >= 0.3 is 0 Å². The van der Waals surface area contributed by atoms with Gasteiger partial charge in [-0.3, -0.25) is 0 Å². The van der Waals surface area contributed by atoms with E-state index in [1.807, 2.05) is 0 Å². The van der Waals surface area contributed by atoms with E-state index < -0.39 is 0 Å². The zero-order valence-electron chi connectivity index (χ0n) is 11.1. The first-order chi connectivity index (χ1) is 8.76. The van der Waals surface area contributed by atoms with E-state index in [4.69, 9.17) is 5.26 Å². The molecule has 0 saturated heterocycles. The Morgan fingerprint density at radius 3 is 2.11 bits per heavy atom. The summed E-state index contributed by atoms with van der Waals surface area (Å²) in [6, 6.07) is 2.09. The van der Waals surface area contributed by atoms with Gasteiger partial charge in [0.2, 0.25) is 0 Å². The molecule has 0 radical (unpaired) electrons. The molecule has 2 saturated carbocycles. The standard InChI is InChI=1S/C9H13NO.C6H10O/c10-7-3-6-9(8-11)4-1-2-5-9;7-5-6-3-1-2-4-6/h8H,1-6H2;5-6H,1-4H2. The molecule has 0 unspecified atom stereocenters. The lowest BCUT2D eigenvalue weighted by molar-refractivity contribution is -0.116. The number of nitrogens with zero attached hydrogens (tertiary/aromatic N) is 1. The van der Waals surface area contributed by atoms with Crippen molar-refractivity contribution in [3.8, 4) is 6.07 Å². The van der Waals surface area contributed by atoms with Crippen LogP contribution in [0.1, 0.15) is 64.2 Å². The minimum absolute atomic E-state index is 0.115. The SMILES string of the molecule is N#CCCC1(C=O)CCCC1.O=CC1CCCC1. The van der Waals surface area contributed by atoms with Gasteiger partial charge in [0.15, 0.2) is 0 Å². The third-order valence-corrected chi connectivity index (χ3v) is 4.18. The van der Waals surface area contributed by atoms with E-state index in [1.165, 1.54) is 12.8 Å². The number of aldehydes is 2. The number of rotatable bonds is 4. The second-order valence-electron chi connectivity index (χ2n) is 5.53. The average Bonchev–Trinajstić information content (AvgIpc) is 3.09. The van der Waals surface area contributed by atoms with Crippen LogP contribution in [0.15, 0.2) is 0 Å². The van der Waals surface area contributed by atoms with Crippen LogP contribution in [-0.2, 0) is 9.59 Å². The highest BCUT2D eigenvalue weighted by Crippen LogP contribution is 2.39. The first-order valence-corrected chi connectivity index (χ1v) is 7.05. The average molecular weight is 249 g/mol. The molecule has 3 heteroatoms. The summed E-state index contributed by atoms with van der Waals surface area (Å²) in [5, 5.41) is 8.37. The van der Waals surface area contributed by atoms with E-state index in [0.717, 1.165) is 57.5 Å². The molecule has 2 rings (SSSR count). The summed E-state index contributed by atoms with van der Waals surface area (Å²) in [5.41, 5.74) is -0.115. The molecule has 0 aromatic carbocycles. The van der Waals surface area contributed by atoms with Crippen molar-refractivity contribution < 1.29 is 9.59 Å². The molecule has 18 heavy (non-hydrogen) atoms. The van der Waals surface area contributed by atoms with Gasteiger partial charge in [-0.1, -0.05) is 25.7 Å². The Kier molecular flexibility index (Phi) is 6.64. The van der Waals surface area contributed by atoms with E-state index in [-0.39, 0.29) is 5.41 Å². The number of hydrogen-bond donors (Lipinski definition) is 0. The normalized spacial score (nSPS) is 21.7. The molecule has 2 fully saturated rings. The Labute approximate surface area is 110 Å². The Hall–Kier alpha value is -1.17. The van der Waals surface area contributed by atoms with E-state index in [2.05, 4.69) is 6.07 Å². The molecular formula is C15H23NO2. The van der Waals surface area contributed by atoms with Gasteiger partial charge in [0.1, 0.15) is 12.6 Å². The lowest BCUT2D eigenvalue weighted by Crippen LogP contribution is -2.17. The van der Waals surface area contributed by atoms with Gasteiger partial charge < -0.3 is 9.59 Å². The fourth-order valence-electron chi connectivity index (χ4n) is 2.90. The zero-order chi connectivity index (χ0) is 13.3. The predicted molar refractivity (Wildman–Crippen MR) is 69.8 cm³/mol. The molecule has 0 atom stereocenters. The summed E-state index contributed by atoms with van der Waals surface area (Å²) in [6.45, 7) is 0. The van der Waals surface area contributed by atoms with Gasteiger partial charge in [-0.05, 0) is 32.1 Å². The smallest absolute Gasteiger partial charge is 0.126 e. The fourth-order valence-corrected chi connectivity index (χ4v) is 2.90. The van der Waals surface area contributed by atoms with Crippen molar-refractivity contribution in [2.45, 2.75) is 64.2 Å². The molecule has 100 valence electrons. The van der Waals surface area contributed by atoms with Gasteiger partial charge in [-0.25, -0.2) is 0 Å². The molecule has 0 amide bonds. The van der Waals surface area contributed by atoms with E-state index in [0.29, 0.717) is 12.3 Å². The molecule has 0 aromatic rings. The van der Waals surface area contributed by atoms with E-state index >= 15 is 0 Å². The summed E-state index contributed by atoms with van der Waals surface area (Å²) < 4.78 is 0. The zero-order valence-corrected chi connectivity index (χ0v) is 11.1. The van der Waals surface area contributed by atoms with Crippen molar-refractivity contribution in [2.24, 2.45) is 11.3 Å². The van der Waals surface area contributed by atoms with Crippen molar-refractivity contribution in [1.82, 2.24) is 0 Å². The third-order valence-electron chi connectivity index (χ3n) is 4.18. The lowest BCUT2D eigenvalue weighted by Gasteiger charge is -2.19. The van der Waals surface area contributed by atoms with Crippen LogP contribution in [0.2, 0.25) is 0 Å². The maximum atomic E-state index is 10.7. The number of carbonyl (C=O) groups is 2. The number of carbonyl (C=O) groups excluding carboxylic acids is 2. The molecular weight excluding hydrogens is 226 g/mol. The van der Waals surface area contributed by atoms with Gasteiger partial charge in [-0.15, -0.1) is 0 Å². The highest BCUT2D eigenvalue weighted by Gasteiger charge is 2.32. The van der Waals surface area contributed by atoms with Gasteiger partial charge in [0.25, 0.3) is 0 Å². The summed E-state index contributed by atoms with van der Waals surface area (Å²) in [7, 11) is 0. The van der Waals surface area contributed by atoms with Crippen molar-refractivity contribution in [3.05, 3.63) is 0 Å². The van der Waals surface area contributed by atoms with Crippen LogP contribution in [0, 0.1) is 22.7 Å². The molecule has 0 bridgehead atoms. The maximum absolute atomic E-state index is 10.7. The third kappa shape index (κ3) is 4.60. The first kappa shape index (κ1) is 14.9. The summed E-state index contributed by atoms with van der Waals surface area (Å²) >= 11 is 0. The minimum atomic E-state index is -0.115. The minimum Gasteiger partial charge on any atom is -0.303 e. The Bertz CT molecular complexity index is 294. The van der Waals surface area contributed by atoms with Crippen LogP contribution in [0.5, 0.6) is 0 Å². The summed E-state index contributed by atoms with van der Waals surface area (Å²) in [5.74, 6) is 0.417. The molecule has 2 aliphatic carbocycles. The Morgan fingerprint density at radius 2 is 1.72 bits per heavy atom. The maximum Gasteiger partial charge on any atom is 0.126 e. The van der Waals surface area contributed by atoms with Gasteiger partial charge in [0, 0.05) is 17.8 Å². The van der Waals surface area contributed by atoms with Crippen LogP contribution < -0.4 is 0 Å². The molecule has 0 spiro atoms. The topological polar surface area (TPSA) is 57.9 Å². The monoisotopic (exact) mass is 249 g/mol. The van der Waals surface area contributed by atoms with Crippen LogP contribution in [0.3, 0.4) is 0 Å². The molecule has 0 N–H and O–H groups in total. The van der Waals surface area contributed by atoms with Gasteiger partial charge in [0.05, 0.1) is 6.07 Å². The predicted octanol–water partition coefficient (Wildman–Crippen LogP) is 3.42. The van der Waals surface area contributed by atoms with E-state index in [1.54, 1.807) is 0 Å². The van der Waals surface area contributed by atoms with Crippen LogP contribution in [0.25, 0.3) is 0 Å². The van der Waals surface area contributed by atoms with E-state index in [9.17, 15) is 9.59 Å². The van der Waals surface area contributed by atoms with Gasteiger partial charge in [-0.2, -0.15) is 5.26 Å². The summed E-state index contributed by atoms with van der Waals surface area (Å²) in [6.07, 6.45) is 12.6.